The third-order valence-corrected chi connectivity index (χ3v) is 4.21. The summed E-state index contributed by atoms with van der Waals surface area (Å²) in [6, 6.07) is 6.37. The van der Waals surface area contributed by atoms with Gasteiger partial charge in [-0.2, -0.15) is 0 Å². The number of rotatable bonds is 6. The molecule has 0 radical (unpaired) electrons. The van der Waals surface area contributed by atoms with Crippen molar-refractivity contribution in [3.05, 3.63) is 53.7 Å². The van der Waals surface area contributed by atoms with Crippen LogP contribution in [0.4, 0.5) is 14.5 Å². The molecular weight excluding hydrogens is 356 g/mol. The molecule has 1 aromatic carbocycles. The van der Waals surface area contributed by atoms with Gasteiger partial charge in [-0.25, -0.2) is 13.8 Å². The Bertz CT molecular complexity index is 840. The number of nitrogens with zero attached hydrogens (tertiary/aromatic N) is 2. The topological polar surface area (TPSA) is 71.5 Å². The number of hydrogen-bond acceptors (Lipinski definition) is 4. The molecule has 1 aliphatic rings. The van der Waals surface area contributed by atoms with Crippen LogP contribution in [0.15, 0.2) is 36.5 Å². The zero-order valence-corrected chi connectivity index (χ0v) is 14.7. The minimum atomic E-state index is -0.770. The standard InChI is InChI=1S/C19H19F2N3O3/c1-2-27-17-5-12(3-4-22-17)10-23-19(26)13-6-18(25)24(11-13)16-8-14(20)7-15(21)9-16/h3-5,7-9,13H,2,6,10-11H2,1H3,(H,23,26). The molecule has 2 amide bonds. The van der Waals surface area contributed by atoms with Crippen molar-refractivity contribution in [2.45, 2.75) is 19.9 Å². The van der Waals surface area contributed by atoms with Gasteiger partial charge in [0.05, 0.1) is 12.5 Å². The number of aromatic nitrogens is 1. The molecule has 1 aliphatic heterocycles. The van der Waals surface area contributed by atoms with Gasteiger partial charge in [-0.15, -0.1) is 0 Å². The number of nitrogens with one attached hydrogen (secondary N) is 1. The van der Waals surface area contributed by atoms with Crippen molar-refractivity contribution in [3.8, 4) is 5.88 Å². The second-order valence-electron chi connectivity index (χ2n) is 6.19. The van der Waals surface area contributed by atoms with E-state index in [2.05, 4.69) is 10.3 Å². The van der Waals surface area contributed by atoms with Crippen molar-refractivity contribution >= 4 is 17.5 Å². The Morgan fingerprint density at radius 1 is 1.30 bits per heavy atom. The molecule has 1 aromatic heterocycles. The molecule has 8 heteroatoms. The summed E-state index contributed by atoms with van der Waals surface area (Å²) >= 11 is 0. The van der Waals surface area contributed by atoms with E-state index in [1.54, 1.807) is 18.3 Å². The molecule has 2 aromatic rings. The van der Waals surface area contributed by atoms with E-state index in [9.17, 15) is 18.4 Å². The smallest absolute Gasteiger partial charge is 0.227 e. The summed E-state index contributed by atoms with van der Waals surface area (Å²) < 4.78 is 32.1. The highest BCUT2D eigenvalue weighted by Crippen LogP contribution is 2.26. The molecular formula is C19H19F2N3O3. The zero-order valence-electron chi connectivity index (χ0n) is 14.7. The number of carbonyl (C=O) groups excluding carboxylic acids is 2. The predicted molar refractivity (Wildman–Crippen MR) is 94.1 cm³/mol. The Balaban J connectivity index is 1.61. The van der Waals surface area contributed by atoms with E-state index in [1.807, 2.05) is 6.92 Å². The quantitative estimate of drug-likeness (QED) is 0.842. The van der Waals surface area contributed by atoms with Gasteiger partial charge >= 0.3 is 0 Å². The summed E-state index contributed by atoms with van der Waals surface area (Å²) in [6.07, 6.45) is 1.58. The number of hydrogen-bond donors (Lipinski definition) is 1. The first-order chi connectivity index (χ1) is 13.0. The first kappa shape index (κ1) is 18.8. The molecule has 0 bridgehead atoms. The maximum absolute atomic E-state index is 13.4. The van der Waals surface area contributed by atoms with Gasteiger partial charge in [-0.05, 0) is 30.7 Å². The highest BCUT2D eigenvalue weighted by Gasteiger charge is 2.35. The zero-order chi connectivity index (χ0) is 19.4. The molecule has 1 unspecified atom stereocenters. The molecule has 3 rings (SSSR count). The number of anilines is 1. The highest BCUT2D eigenvalue weighted by atomic mass is 19.1. The van der Waals surface area contributed by atoms with Crippen LogP contribution < -0.4 is 15.0 Å². The van der Waals surface area contributed by atoms with E-state index in [1.165, 1.54) is 4.90 Å². The number of amides is 2. The average Bonchev–Trinajstić information content (AvgIpc) is 3.01. The fourth-order valence-corrected chi connectivity index (χ4v) is 2.95. The Morgan fingerprint density at radius 2 is 2.04 bits per heavy atom. The molecule has 142 valence electrons. The van der Waals surface area contributed by atoms with Crippen molar-refractivity contribution in [1.29, 1.82) is 0 Å². The molecule has 0 aliphatic carbocycles. The summed E-state index contributed by atoms with van der Waals surface area (Å²) in [5.41, 5.74) is 0.929. The van der Waals surface area contributed by atoms with Crippen LogP contribution in [0.25, 0.3) is 0 Å². The van der Waals surface area contributed by atoms with Crippen LogP contribution >= 0.6 is 0 Å². The van der Waals surface area contributed by atoms with Crippen LogP contribution in [0.1, 0.15) is 18.9 Å². The van der Waals surface area contributed by atoms with Crippen molar-refractivity contribution in [3.63, 3.8) is 0 Å². The SMILES string of the molecule is CCOc1cc(CNC(=O)C2CC(=O)N(c3cc(F)cc(F)c3)C2)ccn1. The van der Waals surface area contributed by atoms with Crippen LogP contribution in [-0.4, -0.2) is 29.9 Å². The summed E-state index contributed by atoms with van der Waals surface area (Å²) in [6.45, 7) is 2.68. The van der Waals surface area contributed by atoms with E-state index in [0.717, 1.165) is 23.8 Å². The number of benzene rings is 1. The average molecular weight is 375 g/mol. The van der Waals surface area contributed by atoms with Crippen molar-refractivity contribution in [1.82, 2.24) is 10.3 Å². The second kappa shape index (κ2) is 8.11. The van der Waals surface area contributed by atoms with Gasteiger partial charge in [0.15, 0.2) is 0 Å². The maximum atomic E-state index is 13.4. The van der Waals surface area contributed by atoms with Gasteiger partial charge in [0, 0.05) is 43.5 Å². The normalized spacial score (nSPS) is 16.5. The Labute approximate surface area is 155 Å². The van der Waals surface area contributed by atoms with E-state index < -0.39 is 17.6 Å². The van der Waals surface area contributed by atoms with Crippen LogP contribution in [0, 0.1) is 17.6 Å². The number of halogens is 2. The van der Waals surface area contributed by atoms with Gasteiger partial charge in [0.1, 0.15) is 11.6 Å². The third-order valence-electron chi connectivity index (χ3n) is 4.21. The lowest BCUT2D eigenvalue weighted by Crippen LogP contribution is -2.32. The number of ether oxygens (including phenoxy) is 1. The van der Waals surface area contributed by atoms with Crippen LogP contribution in [0.2, 0.25) is 0 Å². The highest BCUT2D eigenvalue weighted by molar-refractivity contribution is 6.00. The van der Waals surface area contributed by atoms with E-state index in [4.69, 9.17) is 4.74 Å². The third kappa shape index (κ3) is 4.58. The lowest BCUT2D eigenvalue weighted by atomic mass is 10.1. The van der Waals surface area contributed by atoms with Gasteiger partial charge in [-0.1, -0.05) is 0 Å². The van der Waals surface area contributed by atoms with Crippen LogP contribution in [-0.2, 0) is 16.1 Å². The molecule has 1 fully saturated rings. The lowest BCUT2D eigenvalue weighted by molar-refractivity contribution is -0.126. The maximum Gasteiger partial charge on any atom is 0.227 e. The largest absolute Gasteiger partial charge is 0.478 e. The molecule has 6 nitrogen and oxygen atoms in total. The van der Waals surface area contributed by atoms with Crippen molar-refractivity contribution in [2.75, 3.05) is 18.1 Å². The van der Waals surface area contributed by atoms with Gasteiger partial charge in [0.25, 0.3) is 0 Å². The summed E-state index contributed by atoms with van der Waals surface area (Å²) in [4.78, 5) is 29.9. The summed E-state index contributed by atoms with van der Waals surface area (Å²) in [5, 5.41) is 2.78. The lowest BCUT2D eigenvalue weighted by Gasteiger charge is -2.17. The van der Waals surface area contributed by atoms with E-state index in [-0.39, 0.29) is 37.0 Å². The Kier molecular flexibility index (Phi) is 5.63. The first-order valence-corrected chi connectivity index (χ1v) is 8.58. The monoisotopic (exact) mass is 375 g/mol. The summed E-state index contributed by atoms with van der Waals surface area (Å²) in [5.74, 6) is -2.29. The first-order valence-electron chi connectivity index (χ1n) is 8.58. The molecule has 2 heterocycles. The molecule has 0 spiro atoms. The fourth-order valence-electron chi connectivity index (χ4n) is 2.95. The minimum absolute atomic E-state index is 0.00942. The molecule has 0 saturated carbocycles. The minimum Gasteiger partial charge on any atom is -0.478 e. The van der Waals surface area contributed by atoms with Crippen LogP contribution in [0.5, 0.6) is 5.88 Å². The van der Waals surface area contributed by atoms with Gasteiger partial charge in [-0.3, -0.25) is 9.59 Å². The van der Waals surface area contributed by atoms with Crippen LogP contribution in [0.3, 0.4) is 0 Å². The fraction of sp³-hybridized carbons (Fsp3) is 0.316. The second-order valence-corrected chi connectivity index (χ2v) is 6.19. The number of pyridine rings is 1. The van der Waals surface area contributed by atoms with Gasteiger partial charge in [0.2, 0.25) is 17.7 Å². The summed E-state index contributed by atoms with van der Waals surface area (Å²) in [7, 11) is 0. The molecule has 1 saturated heterocycles. The molecule has 1 atom stereocenters. The molecule has 27 heavy (non-hydrogen) atoms. The number of carbonyl (C=O) groups is 2. The predicted octanol–water partition coefficient (Wildman–Crippen LogP) is 2.43. The van der Waals surface area contributed by atoms with Crippen molar-refractivity contribution in [2.24, 2.45) is 5.92 Å². The van der Waals surface area contributed by atoms with E-state index in [0.29, 0.717) is 12.5 Å². The molecule has 1 N–H and O–H groups in total. The van der Waals surface area contributed by atoms with E-state index >= 15 is 0 Å². The van der Waals surface area contributed by atoms with Crippen molar-refractivity contribution < 1.29 is 23.1 Å². The Morgan fingerprint density at radius 3 is 2.74 bits per heavy atom. The Hall–Kier alpha value is -3.03. The van der Waals surface area contributed by atoms with Gasteiger partial charge < -0.3 is 15.0 Å².